The Morgan fingerprint density at radius 3 is 2.57 bits per heavy atom. The molecule has 0 saturated heterocycles. The summed E-state index contributed by atoms with van der Waals surface area (Å²) in [6.07, 6.45) is 1.87. The van der Waals surface area contributed by atoms with Crippen molar-refractivity contribution in [2.45, 2.75) is 58.0 Å². The average Bonchev–Trinajstić information content (AvgIpc) is 2.81. The molecular weight excluding hydrogens is 372 g/mol. The first-order chi connectivity index (χ1) is 9.88. The van der Waals surface area contributed by atoms with Gasteiger partial charge in [0.05, 0.1) is 3.79 Å². The van der Waals surface area contributed by atoms with Crippen molar-refractivity contribution in [2.75, 3.05) is 13.1 Å². The van der Waals surface area contributed by atoms with Crippen LogP contribution in [0.5, 0.6) is 0 Å². The molecule has 1 heterocycles. The van der Waals surface area contributed by atoms with E-state index in [1.54, 1.807) is 10.4 Å². The molecule has 1 unspecified atom stereocenters. The van der Waals surface area contributed by atoms with Crippen LogP contribution in [0, 0.1) is 0 Å². The van der Waals surface area contributed by atoms with Crippen LogP contribution in [0.2, 0.25) is 0 Å². The highest BCUT2D eigenvalue weighted by atomic mass is 79.9. The zero-order valence-electron chi connectivity index (χ0n) is 13.1. The van der Waals surface area contributed by atoms with E-state index < -0.39 is 10.0 Å². The summed E-state index contributed by atoms with van der Waals surface area (Å²) in [5.41, 5.74) is 0. The maximum Gasteiger partial charge on any atom is 0.245 e. The molecule has 0 fully saturated rings. The molecule has 1 N–H and O–H groups in total. The van der Waals surface area contributed by atoms with E-state index in [0.717, 1.165) is 24.3 Å². The van der Waals surface area contributed by atoms with Crippen LogP contribution in [-0.2, 0) is 16.6 Å². The van der Waals surface area contributed by atoms with Crippen molar-refractivity contribution in [1.29, 1.82) is 0 Å². The van der Waals surface area contributed by atoms with Gasteiger partial charge in [-0.15, -0.1) is 11.3 Å². The average molecular weight is 397 g/mol. The normalized spacial score (nSPS) is 13.8. The molecule has 1 rings (SSSR count). The van der Waals surface area contributed by atoms with Gasteiger partial charge in [0.2, 0.25) is 10.0 Å². The van der Waals surface area contributed by atoms with E-state index in [1.165, 1.54) is 11.3 Å². The predicted molar refractivity (Wildman–Crippen MR) is 93.3 cm³/mol. The van der Waals surface area contributed by atoms with Gasteiger partial charge in [0.15, 0.2) is 0 Å². The van der Waals surface area contributed by atoms with E-state index in [2.05, 4.69) is 28.2 Å². The quantitative estimate of drug-likeness (QED) is 0.645. The Bertz CT molecular complexity index is 543. The summed E-state index contributed by atoms with van der Waals surface area (Å²) in [5.74, 6) is 0. The molecule has 4 nitrogen and oxygen atoms in total. The van der Waals surface area contributed by atoms with Crippen LogP contribution >= 0.6 is 27.3 Å². The highest BCUT2D eigenvalue weighted by Gasteiger charge is 2.30. The van der Waals surface area contributed by atoms with Crippen molar-refractivity contribution in [3.8, 4) is 0 Å². The lowest BCUT2D eigenvalue weighted by Crippen LogP contribution is -2.38. The molecule has 7 heteroatoms. The van der Waals surface area contributed by atoms with Crippen molar-refractivity contribution in [1.82, 2.24) is 9.62 Å². The van der Waals surface area contributed by atoms with Crippen molar-refractivity contribution >= 4 is 37.3 Å². The van der Waals surface area contributed by atoms with Gasteiger partial charge in [-0.1, -0.05) is 20.8 Å². The molecule has 0 saturated carbocycles. The van der Waals surface area contributed by atoms with Gasteiger partial charge in [-0.2, -0.15) is 4.31 Å². The highest BCUT2D eigenvalue weighted by Crippen LogP contribution is 2.34. The Kier molecular flexibility index (Phi) is 7.84. The van der Waals surface area contributed by atoms with E-state index in [0.29, 0.717) is 21.8 Å². The van der Waals surface area contributed by atoms with Gasteiger partial charge in [-0.25, -0.2) is 8.42 Å². The van der Waals surface area contributed by atoms with Crippen LogP contribution in [0.25, 0.3) is 0 Å². The minimum Gasteiger partial charge on any atom is -0.312 e. The first kappa shape index (κ1) is 19.1. The maximum absolute atomic E-state index is 12.8. The lowest BCUT2D eigenvalue weighted by molar-refractivity contribution is 0.342. The molecule has 122 valence electrons. The lowest BCUT2D eigenvalue weighted by Gasteiger charge is -2.26. The second-order valence-electron chi connectivity index (χ2n) is 4.99. The Hall–Kier alpha value is 0.0500. The standard InChI is InChI=1S/C14H25BrN2O2S2/c1-5-8-16-10-12-9-13(14(15)20-12)21(18,19)17(7-3)11(4)6-2/h9,11,16H,5-8,10H2,1-4H3. The molecule has 1 atom stereocenters. The summed E-state index contributed by atoms with van der Waals surface area (Å²) >= 11 is 4.90. The minimum atomic E-state index is -3.43. The molecule has 1 aromatic rings. The van der Waals surface area contributed by atoms with Gasteiger partial charge >= 0.3 is 0 Å². The predicted octanol–water partition coefficient (Wildman–Crippen LogP) is 3.82. The summed E-state index contributed by atoms with van der Waals surface area (Å²) < 4.78 is 27.9. The summed E-state index contributed by atoms with van der Waals surface area (Å²) in [7, 11) is -3.43. The molecule has 0 aliphatic heterocycles. The van der Waals surface area contributed by atoms with Gasteiger partial charge < -0.3 is 5.32 Å². The number of thiophene rings is 1. The third-order valence-corrected chi connectivity index (χ3v) is 7.75. The van der Waals surface area contributed by atoms with Gasteiger partial charge in [0.25, 0.3) is 0 Å². The Morgan fingerprint density at radius 1 is 1.38 bits per heavy atom. The number of nitrogens with one attached hydrogen (secondary N) is 1. The van der Waals surface area contributed by atoms with E-state index >= 15 is 0 Å². The van der Waals surface area contributed by atoms with Gasteiger partial charge in [-0.3, -0.25) is 0 Å². The minimum absolute atomic E-state index is 0.00784. The van der Waals surface area contributed by atoms with E-state index in [-0.39, 0.29) is 6.04 Å². The molecule has 0 radical (unpaired) electrons. The molecule has 0 aliphatic carbocycles. The zero-order chi connectivity index (χ0) is 16.0. The second-order valence-corrected chi connectivity index (χ2v) is 9.31. The summed E-state index contributed by atoms with van der Waals surface area (Å²) in [5, 5.41) is 3.30. The summed E-state index contributed by atoms with van der Waals surface area (Å²) in [6, 6.07) is 1.80. The number of halogens is 1. The Balaban J connectivity index is 3.02. The molecule has 0 bridgehead atoms. The number of rotatable bonds is 9. The van der Waals surface area contributed by atoms with Crippen LogP contribution in [0.15, 0.2) is 14.7 Å². The smallest absolute Gasteiger partial charge is 0.245 e. The summed E-state index contributed by atoms with van der Waals surface area (Å²) in [4.78, 5) is 1.43. The molecule has 1 aromatic heterocycles. The van der Waals surface area contributed by atoms with Crippen molar-refractivity contribution in [3.63, 3.8) is 0 Å². The maximum atomic E-state index is 12.8. The molecule has 0 spiro atoms. The second kappa shape index (κ2) is 8.62. The highest BCUT2D eigenvalue weighted by molar-refractivity contribution is 9.11. The zero-order valence-corrected chi connectivity index (χ0v) is 16.4. The topological polar surface area (TPSA) is 49.4 Å². The van der Waals surface area contributed by atoms with E-state index in [9.17, 15) is 8.42 Å². The third kappa shape index (κ3) is 4.76. The van der Waals surface area contributed by atoms with Gasteiger partial charge in [-0.05, 0) is 48.3 Å². The van der Waals surface area contributed by atoms with Crippen LogP contribution in [0.1, 0.15) is 45.4 Å². The molecule has 0 aliphatic rings. The third-order valence-electron chi connectivity index (χ3n) is 3.41. The SMILES string of the molecule is CCCNCc1cc(S(=O)(=O)N(CC)C(C)CC)c(Br)s1. The number of hydrogen-bond donors (Lipinski definition) is 1. The van der Waals surface area contributed by atoms with E-state index in [4.69, 9.17) is 0 Å². The molecule has 0 aromatic carbocycles. The largest absolute Gasteiger partial charge is 0.312 e. The van der Waals surface area contributed by atoms with Crippen LogP contribution in [-0.4, -0.2) is 31.9 Å². The van der Waals surface area contributed by atoms with Crippen molar-refractivity contribution < 1.29 is 8.42 Å². The summed E-state index contributed by atoms with van der Waals surface area (Å²) in [6.45, 7) is 10.1. The van der Waals surface area contributed by atoms with Gasteiger partial charge in [0.1, 0.15) is 4.90 Å². The molecule has 21 heavy (non-hydrogen) atoms. The lowest BCUT2D eigenvalue weighted by atomic mass is 10.3. The number of hydrogen-bond acceptors (Lipinski definition) is 4. The van der Waals surface area contributed by atoms with Crippen LogP contribution in [0.4, 0.5) is 0 Å². The Morgan fingerprint density at radius 2 is 2.05 bits per heavy atom. The number of nitrogens with zero attached hydrogens (tertiary/aromatic N) is 1. The van der Waals surface area contributed by atoms with Crippen molar-refractivity contribution in [2.24, 2.45) is 0 Å². The molecule has 0 amide bonds. The fourth-order valence-corrected chi connectivity index (χ4v) is 6.42. The fourth-order valence-electron chi connectivity index (χ4n) is 2.10. The first-order valence-electron chi connectivity index (χ1n) is 7.39. The number of sulfonamides is 1. The Labute approximate surface area is 141 Å². The van der Waals surface area contributed by atoms with Crippen molar-refractivity contribution in [3.05, 3.63) is 14.7 Å². The van der Waals surface area contributed by atoms with E-state index in [1.807, 2.05) is 20.8 Å². The molecular formula is C14H25BrN2O2S2. The monoisotopic (exact) mass is 396 g/mol. The van der Waals surface area contributed by atoms with Gasteiger partial charge in [0, 0.05) is 24.0 Å². The van der Waals surface area contributed by atoms with Crippen LogP contribution < -0.4 is 5.32 Å². The fraction of sp³-hybridized carbons (Fsp3) is 0.714. The first-order valence-corrected chi connectivity index (χ1v) is 10.4. The van der Waals surface area contributed by atoms with Crippen LogP contribution in [0.3, 0.4) is 0 Å².